The van der Waals surface area contributed by atoms with Gasteiger partial charge in [-0.2, -0.15) is 0 Å². The van der Waals surface area contributed by atoms with Gasteiger partial charge in [0.25, 0.3) is 0 Å². The van der Waals surface area contributed by atoms with Gasteiger partial charge in [0.05, 0.1) is 11.1 Å². The number of halogens is 1. The molecule has 0 spiro atoms. The highest BCUT2D eigenvalue weighted by Crippen LogP contribution is 2.33. The summed E-state index contributed by atoms with van der Waals surface area (Å²) in [5, 5.41) is 0. The zero-order valence-corrected chi connectivity index (χ0v) is 10.2. The minimum absolute atomic E-state index is 0.229. The largest absolute Gasteiger partial charge is 0.469 e. The SMILES string of the molecule is CCc1occc1C(Br)c1ccccc1. The molecule has 0 saturated carbocycles. The van der Waals surface area contributed by atoms with Crippen molar-refractivity contribution in [2.75, 3.05) is 0 Å². The van der Waals surface area contributed by atoms with Crippen LogP contribution in [-0.4, -0.2) is 0 Å². The number of furan rings is 1. The number of hydrogen-bond donors (Lipinski definition) is 0. The van der Waals surface area contributed by atoms with Crippen molar-refractivity contribution >= 4 is 15.9 Å². The zero-order valence-electron chi connectivity index (χ0n) is 8.61. The van der Waals surface area contributed by atoms with E-state index in [4.69, 9.17) is 4.42 Å². The molecule has 0 aliphatic carbocycles. The lowest BCUT2D eigenvalue weighted by atomic mass is 10.0. The van der Waals surface area contributed by atoms with Gasteiger partial charge in [-0.15, -0.1) is 0 Å². The van der Waals surface area contributed by atoms with Gasteiger partial charge in [-0.05, 0) is 11.6 Å². The van der Waals surface area contributed by atoms with Gasteiger partial charge in [-0.3, -0.25) is 0 Å². The fraction of sp³-hybridized carbons (Fsp3) is 0.231. The second-order valence-corrected chi connectivity index (χ2v) is 4.34. The van der Waals surface area contributed by atoms with E-state index in [0.29, 0.717) is 0 Å². The smallest absolute Gasteiger partial charge is 0.108 e. The van der Waals surface area contributed by atoms with E-state index in [1.165, 1.54) is 11.1 Å². The number of alkyl halides is 1. The number of rotatable bonds is 3. The summed E-state index contributed by atoms with van der Waals surface area (Å²) >= 11 is 3.70. The lowest BCUT2D eigenvalue weighted by Gasteiger charge is -2.09. The molecule has 1 atom stereocenters. The normalized spacial score (nSPS) is 12.7. The molecule has 0 bridgehead atoms. The third-order valence-corrected chi connectivity index (χ3v) is 3.49. The second kappa shape index (κ2) is 4.67. The van der Waals surface area contributed by atoms with Crippen molar-refractivity contribution in [2.45, 2.75) is 18.2 Å². The van der Waals surface area contributed by atoms with E-state index in [-0.39, 0.29) is 4.83 Å². The fourth-order valence-corrected chi connectivity index (χ4v) is 2.38. The van der Waals surface area contributed by atoms with Gasteiger partial charge in [0.1, 0.15) is 5.76 Å². The molecule has 15 heavy (non-hydrogen) atoms. The molecule has 0 saturated heterocycles. The van der Waals surface area contributed by atoms with Crippen LogP contribution in [0, 0.1) is 0 Å². The molecule has 0 amide bonds. The van der Waals surface area contributed by atoms with Crippen LogP contribution in [0.25, 0.3) is 0 Å². The number of hydrogen-bond acceptors (Lipinski definition) is 1. The molecule has 2 heteroatoms. The van der Waals surface area contributed by atoms with Crippen molar-refractivity contribution in [3.8, 4) is 0 Å². The maximum Gasteiger partial charge on any atom is 0.108 e. The Bertz CT molecular complexity index is 419. The van der Waals surface area contributed by atoms with Crippen LogP contribution in [0.1, 0.15) is 28.6 Å². The van der Waals surface area contributed by atoms with Crippen molar-refractivity contribution in [1.82, 2.24) is 0 Å². The third kappa shape index (κ3) is 2.15. The lowest BCUT2D eigenvalue weighted by Crippen LogP contribution is -1.93. The Morgan fingerprint density at radius 3 is 2.60 bits per heavy atom. The summed E-state index contributed by atoms with van der Waals surface area (Å²) in [6, 6.07) is 12.4. The maximum atomic E-state index is 5.43. The summed E-state index contributed by atoms with van der Waals surface area (Å²) in [7, 11) is 0. The van der Waals surface area contributed by atoms with Crippen LogP contribution < -0.4 is 0 Å². The maximum absolute atomic E-state index is 5.43. The molecule has 0 N–H and O–H groups in total. The Balaban J connectivity index is 2.32. The van der Waals surface area contributed by atoms with Crippen molar-refractivity contribution in [1.29, 1.82) is 0 Å². The summed E-state index contributed by atoms with van der Waals surface area (Å²) in [5.74, 6) is 1.06. The summed E-state index contributed by atoms with van der Waals surface area (Å²) in [6.07, 6.45) is 2.68. The van der Waals surface area contributed by atoms with Gasteiger partial charge in [0.15, 0.2) is 0 Å². The molecule has 2 aromatic rings. The average molecular weight is 265 g/mol. The van der Waals surface area contributed by atoms with Gasteiger partial charge in [-0.1, -0.05) is 53.2 Å². The zero-order chi connectivity index (χ0) is 10.7. The number of aryl methyl sites for hydroxylation is 1. The van der Waals surface area contributed by atoms with Crippen molar-refractivity contribution in [3.05, 3.63) is 59.5 Å². The van der Waals surface area contributed by atoms with Crippen LogP contribution in [0.2, 0.25) is 0 Å². The average Bonchev–Trinajstić information content (AvgIpc) is 2.77. The van der Waals surface area contributed by atoms with Crippen LogP contribution in [0.5, 0.6) is 0 Å². The first-order chi connectivity index (χ1) is 7.33. The first-order valence-electron chi connectivity index (χ1n) is 5.08. The van der Waals surface area contributed by atoms with Crippen molar-refractivity contribution < 1.29 is 4.42 Å². The molecule has 1 aromatic carbocycles. The predicted octanol–water partition coefficient (Wildman–Crippen LogP) is 4.33. The molecule has 0 aliphatic rings. The first-order valence-corrected chi connectivity index (χ1v) is 5.99. The Morgan fingerprint density at radius 2 is 1.93 bits per heavy atom. The van der Waals surface area contributed by atoms with Gasteiger partial charge < -0.3 is 4.42 Å². The highest BCUT2D eigenvalue weighted by Gasteiger charge is 2.15. The first kappa shape index (κ1) is 10.5. The minimum atomic E-state index is 0.229. The van der Waals surface area contributed by atoms with Crippen LogP contribution in [0.3, 0.4) is 0 Å². The lowest BCUT2D eigenvalue weighted by molar-refractivity contribution is 0.512. The van der Waals surface area contributed by atoms with Crippen molar-refractivity contribution in [2.24, 2.45) is 0 Å². The quantitative estimate of drug-likeness (QED) is 0.753. The van der Waals surface area contributed by atoms with E-state index >= 15 is 0 Å². The highest BCUT2D eigenvalue weighted by atomic mass is 79.9. The molecular weight excluding hydrogens is 252 g/mol. The summed E-state index contributed by atoms with van der Waals surface area (Å²) in [6.45, 7) is 2.10. The van der Waals surface area contributed by atoms with Gasteiger partial charge in [-0.25, -0.2) is 0 Å². The van der Waals surface area contributed by atoms with E-state index in [1.54, 1.807) is 6.26 Å². The van der Waals surface area contributed by atoms with E-state index in [9.17, 15) is 0 Å². The van der Waals surface area contributed by atoms with Crippen LogP contribution in [0.4, 0.5) is 0 Å². The Labute approximate surface area is 98.2 Å². The minimum Gasteiger partial charge on any atom is -0.469 e. The molecular formula is C13H13BrO. The monoisotopic (exact) mass is 264 g/mol. The molecule has 0 fully saturated rings. The van der Waals surface area contributed by atoms with Crippen molar-refractivity contribution in [3.63, 3.8) is 0 Å². The Hall–Kier alpha value is -1.02. The van der Waals surface area contributed by atoms with Gasteiger partial charge in [0, 0.05) is 12.0 Å². The highest BCUT2D eigenvalue weighted by molar-refractivity contribution is 9.09. The number of benzene rings is 1. The Kier molecular flexibility index (Phi) is 3.27. The summed E-state index contributed by atoms with van der Waals surface area (Å²) < 4.78 is 5.43. The predicted molar refractivity (Wildman–Crippen MR) is 65.3 cm³/mol. The summed E-state index contributed by atoms with van der Waals surface area (Å²) in [4.78, 5) is 0.229. The van der Waals surface area contributed by atoms with Crippen LogP contribution in [-0.2, 0) is 6.42 Å². The molecule has 1 aromatic heterocycles. The molecule has 78 valence electrons. The third-order valence-electron chi connectivity index (χ3n) is 2.47. The molecule has 1 nitrogen and oxygen atoms in total. The van der Waals surface area contributed by atoms with Gasteiger partial charge in [0.2, 0.25) is 0 Å². The molecule has 1 unspecified atom stereocenters. The molecule has 1 heterocycles. The van der Waals surface area contributed by atoms with Gasteiger partial charge >= 0.3 is 0 Å². The summed E-state index contributed by atoms with van der Waals surface area (Å²) in [5.41, 5.74) is 2.48. The second-order valence-electron chi connectivity index (χ2n) is 3.43. The van der Waals surface area contributed by atoms with E-state index in [2.05, 4.69) is 47.1 Å². The van der Waals surface area contributed by atoms with Crippen LogP contribution in [0.15, 0.2) is 47.1 Å². The molecule has 0 aliphatic heterocycles. The van der Waals surface area contributed by atoms with E-state index in [0.717, 1.165) is 12.2 Å². The fourth-order valence-electron chi connectivity index (χ4n) is 1.67. The van der Waals surface area contributed by atoms with E-state index < -0.39 is 0 Å². The molecule has 2 rings (SSSR count). The molecule has 0 radical (unpaired) electrons. The Morgan fingerprint density at radius 1 is 1.20 bits per heavy atom. The van der Waals surface area contributed by atoms with Crippen LogP contribution >= 0.6 is 15.9 Å². The topological polar surface area (TPSA) is 13.1 Å². The standard InChI is InChI=1S/C13H13BrO/c1-2-12-11(8-9-15-12)13(14)10-6-4-3-5-7-10/h3-9,13H,2H2,1H3. The van der Waals surface area contributed by atoms with E-state index in [1.807, 2.05) is 12.1 Å².